The van der Waals surface area contributed by atoms with Gasteiger partial charge in [-0.2, -0.15) is 0 Å². The molecule has 7 nitrogen and oxygen atoms in total. The van der Waals surface area contributed by atoms with Crippen LogP contribution in [0.25, 0.3) is 0 Å². The summed E-state index contributed by atoms with van der Waals surface area (Å²) in [4.78, 5) is 24.3. The zero-order valence-electron chi connectivity index (χ0n) is 16.6. The summed E-state index contributed by atoms with van der Waals surface area (Å²) in [5, 5.41) is 2.90. The average molecular weight is 451 g/mol. The van der Waals surface area contributed by atoms with E-state index in [-0.39, 0.29) is 17.4 Å². The minimum Gasteiger partial charge on any atom is -0.462 e. The van der Waals surface area contributed by atoms with Gasteiger partial charge in [-0.15, -0.1) is 0 Å². The Morgan fingerprint density at radius 2 is 1.70 bits per heavy atom. The van der Waals surface area contributed by atoms with Gasteiger partial charge in [0.1, 0.15) is 0 Å². The molecule has 1 N–H and O–H groups in total. The Labute approximate surface area is 181 Å². The highest BCUT2D eigenvalue weighted by Gasteiger charge is 2.25. The van der Waals surface area contributed by atoms with E-state index < -0.39 is 21.9 Å². The van der Waals surface area contributed by atoms with Crippen molar-refractivity contribution in [2.75, 3.05) is 25.0 Å². The van der Waals surface area contributed by atoms with Crippen LogP contribution in [0.4, 0.5) is 5.69 Å². The van der Waals surface area contributed by atoms with Gasteiger partial charge >= 0.3 is 5.97 Å². The Bertz CT molecular complexity index is 1030. The van der Waals surface area contributed by atoms with E-state index in [2.05, 4.69) is 5.32 Å². The van der Waals surface area contributed by atoms with Gasteiger partial charge in [-0.1, -0.05) is 23.7 Å². The number of nitrogens with zero attached hydrogens (tertiary/aromatic N) is 1. The molecule has 1 aliphatic rings. The van der Waals surface area contributed by atoms with Crippen molar-refractivity contribution in [2.45, 2.75) is 25.5 Å². The second kappa shape index (κ2) is 9.59. The molecule has 0 aromatic heterocycles. The van der Waals surface area contributed by atoms with Crippen molar-refractivity contribution in [1.82, 2.24) is 4.31 Å². The average Bonchev–Trinajstić information content (AvgIpc) is 3.26. The number of halogens is 1. The number of anilines is 1. The number of hydrogen-bond acceptors (Lipinski definition) is 5. The van der Waals surface area contributed by atoms with Gasteiger partial charge in [0.05, 0.1) is 28.6 Å². The van der Waals surface area contributed by atoms with Crippen LogP contribution in [0.5, 0.6) is 0 Å². The van der Waals surface area contributed by atoms with E-state index in [4.69, 9.17) is 16.3 Å². The molecule has 0 atom stereocenters. The fourth-order valence-corrected chi connectivity index (χ4v) is 5.01. The Hall–Kier alpha value is -2.42. The van der Waals surface area contributed by atoms with Gasteiger partial charge in [0.25, 0.3) is 5.91 Å². The van der Waals surface area contributed by atoms with Crippen LogP contribution >= 0.6 is 11.6 Å². The summed E-state index contributed by atoms with van der Waals surface area (Å²) in [6.45, 7) is 3.10. The van der Waals surface area contributed by atoms with Crippen LogP contribution in [-0.4, -0.2) is 44.3 Å². The molecular formula is C21H23ClN2O5S. The van der Waals surface area contributed by atoms with Gasteiger partial charge in [-0.25, -0.2) is 17.5 Å². The second-order valence-electron chi connectivity index (χ2n) is 6.93. The smallest absolute Gasteiger partial charge is 0.338 e. The highest BCUT2D eigenvalue weighted by Crippen LogP contribution is 2.24. The molecule has 30 heavy (non-hydrogen) atoms. The molecule has 2 aromatic rings. The Kier molecular flexibility index (Phi) is 7.12. The summed E-state index contributed by atoms with van der Waals surface area (Å²) in [5.41, 5.74) is 1.64. The highest BCUT2D eigenvalue weighted by molar-refractivity contribution is 7.88. The van der Waals surface area contributed by atoms with Crippen molar-refractivity contribution in [1.29, 1.82) is 0 Å². The first kappa shape index (κ1) is 22.3. The van der Waals surface area contributed by atoms with Crippen LogP contribution in [0.1, 0.15) is 46.0 Å². The molecule has 0 bridgehead atoms. The van der Waals surface area contributed by atoms with E-state index in [0.717, 1.165) is 12.8 Å². The summed E-state index contributed by atoms with van der Waals surface area (Å²) in [6, 6.07) is 10.9. The molecule has 0 radical (unpaired) electrons. The lowest BCUT2D eigenvalue weighted by Gasteiger charge is -2.15. The second-order valence-corrected chi connectivity index (χ2v) is 9.30. The maximum atomic E-state index is 12.5. The zero-order valence-corrected chi connectivity index (χ0v) is 18.1. The van der Waals surface area contributed by atoms with Crippen molar-refractivity contribution < 1.29 is 22.7 Å². The molecule has 160 valence electrons. The Morgan fingerprint density at radius 3 is 2.30 bits per heavy atom. The number of esters is 1. The molecule has 3 rings (SSSR count). The molecular weight excluding hydrogens is 428 g/mol. The molecule has 1 amide bonds. The van der Waals surface area contributed by atoms with E-state index in [9.17, 15) is 18.0 Å². The lowest BCUT2D eigenvalue weighted by molar-refractivity contribution is 0.0526. The molecule has 1 fully saturated rings. The lowest BCUT2D eigenvalue weighted by atomic mass is 10.1. The van der Waals surface area contributed by atoms with E-state index >= 15 is 0 Å². The molecule has 2 aromatic carbocycles. The van der Waals surface area contributed by atoms with Gasteiger partial charge < -0.3 is 10.1 Å². The molecule has 9 heteroatoms. The SMILES string of the molecule is CCOC(=O)c1ccc(NC(=O)c2ccc(CS(=O)(=O)N3CCCC3)cc2)c(Cl)c1. The van der Waals surface area contributed by atoms with Crippen LogP contribution < -0.4 is 5.32 Å². The first-order chi connectivity index (χ1) is 14.3. The molecule has 1 heterocycles. The molecule has 1 aliphatic heterocycles. The van der Waals surface area contributed by atoms with Crippen molar-refractivity contribution in [2.24, 2.45) is 0 Å². The van der Waals surface area contributed by atoms with Gasteiger partial charge in [0.2, 0.25) is 10.0 Å². The van der Waals surface area contributed by atoms with Gasteiger partial charge in [0.15, 0.2) is 0 Å². The Morgan fingerprint density at radius 1 is 1.07 bits per heavy atom. The fraction of sp³-hybridized carbons (Fsp3) is 0.333. The van der Waals surface area contributed by atoms with Crippen molar-refractivity contribution in [3.63, 3.8) is 0 Å². The van der Waals surface area contributed by atoms with Gasteiger partial charge in [-0.05, 0) is 55.7 Å². The van der Waals surface area contributed by atoms with Gasteiger partial charge in [-0.3, -0.25) is 4.79 Å². The summed E-state index contributed by atoms with van der Waals surface area (Å²) in [5.74, 6) is -0.970. The van der Waals surface area contributed by atoms with Crippen molar-refractivity contribution in [3.05, 3.63) is 64.2 Å². The van der Waals surface area contributed by atoms with Crippen molar-refractivity contribution >= 4 is 39.2 Å². The molecule has 0 aliphatic carbocycles. The monoisotopic (exact) mass is 450 g/mol. The maximum Gasteiger partial charge on any atom is 0.338 e. The molecule has 0 saturated carbocycles. The number of sulfonamides is 1. The number of carbonyl (C=O) groups excluding carboxylic acids is 2. The quantitative estimate of drug-likeness (QED) is 0.649. The zero-order chi connectivity index (χ0) is 21.7. The lowest BCUT2D eigenvalue weighted by Crippen LogP contribution is -2.29. The normalized spacial score (nSPS) is 14.5. The maximum absolute atomic E-state index is 12.5. The minimum absolute atomic E-state index is 0.0873. The summed E-state index contributed by atoms with van der Waals surface area (Å²) in [7, 11) is -3.34. The third kappa shape index (κ3) is 5.38. The first-order valence-corrected chi connectivity index (χ1v) is 11.6. The first-order valence-electron chi connectivity index (χ1n) is 9.65. The topological polar surface area (TPSA) is 92.8 Å². The third-order valence-corrected chi connectivity index (χ3v) is 6.91. The molecule has 0 spiro atoms. The number of carbonyl (C=O) groups is 2. The van der Waals surface area contributed by atoms with Crippen LogP contribution in [0.2, 0.25) is 5.02 Å². The van der Waals surface area contributed by atoms with Gasteiger partial charge in [0, 0.05) is 18.7 Å². The van der Waals surface area contributed by atoms with E-state index in [1.165, 1.54) is 22.5 Å². The van der Waals surface area contributed by atoms with E-state index in [1.54, 1.807) is 31.2 Å². The van der Waals surface area contributed by atoms with Crippen LogP contribution in [0, 0.1) is 0 Å². The molecule has 0 unspecified atom stereocenters. The van der Waals surface area contributed by atoms with Crippen LogP contribution in [0.3, 0.4) is 0 Å². The fourth-order valence-electron chi connectivity index (χ4n) is 3.17. The number of nitrogens with one attached hydrogen (secondary N) is 1. The highest BCUT2D eigenvalue weighted by atomic mass is 35.5. The predicted molar refractivity (Wildman–Crippen MR) is 115 cm³/mol. The molecule has 1 saturated heterocycles. The Balaban J connectivity index is 1.65. The van der Waals surface area contributed by atoms with E-state index in [1.807, 2.05) is 0 Å². The summed E-state index contributed by atoms with van der Waals surface area (Å²) >= 11 is 6.17. The minimum atomic E-state index is -3.34. The summed E-state index contributed by atoms with van der Waals surface area (Å²) in [6.07, 6.45) is 1.78. The van der Waals surface area contributed by atoms with Crippen LogP contribution in [0.15, 0.2) is 42.5 Å². The third-order valence-electron chi connectivity index (χ3n) is 4.75. The number of ether oxygens (including phenoxy) is 1. The largest absolute Gasteiger partial charge is 0.462 e. The van der Waals surface area contributed by atoms with E-state index in [0.29, 0.717) is 35.5 Å². The standard InChI is InChI=1S/C21H23ClN2O5S/c1-2-29-21(26)17-9-10-19(18(22)13-17)23-20(25)16-7-5-15(6-8-16)14-30(27,28)24-11-3-4-12-24/h5-10,13H,2-4,11-12,14H2,1H3,(H,23,25). The predicted octanol–water partition coefficient (Wildman–Crippen LogP) is 3.69. The van der Waals surface area contributed by atoms with Crippen molar-refractivity contribution in [3.8, 4) is 0 Å². The number of benzene rings is 2. The number of amides is 1. The summed E-state index contributed by atoms with van der Waals surface area (Å²) < 4.78 is 31.3. The number of rotatable bonds is 7. The van der Waals surface area contributed by atoms with Crippen LogP contribution in [-0.2, 0) is 20.5 Å². The number of hydrogen-bond donors (Lipinski definition) is 1.